The lowest BCUT2D eigenvalue weighted by molar-refractivity contribution is 0.0524. The molecule has 32 heavy (non-hydrogen) atoms. The Kier molecular flexibility index (Phi) is 6.15. The molecular formula is C21H15ClN4O5S. The standard InChI is InChI=1S/C21H15ClN4O5S/c1-2-30-20(29)18-25-26(14-9-7-13(22)8-10-14)21(32-18)24-23-17(27)15-11-12-5-3-4-6-16(12)31-19(15)28/h3-11H,2H2,1H3,(H,23,27)/b24-21-. The molecule has 4 aromatic rings. The number of nitrogens with zero attached hydrogens (tertiary/aromatic N) is 3. The quantitative estimate of drug-likeness (QED) is 0.272. The Morgan fingerprint density at radius 3 is 2.72 bits per heavy atom. The number of ether oxygens (including phenoxy) is 1. The monoisotopic (exact) mass is 470 g/mol. The maximum atomic E-state index is 12.6. The number of esters is 1. The lowest BCUT2D eigenvalue weighted by Gasteiger charge is -2.02. The van der Waals surface area contributed by atoms with Crippen molar-refractivity contribution in [2.75, 3.05) is 6.61 Å². The molecule has 1 amide bonds. The molecule has 0 atom stereocenters. The van der Waals surface area contributed by atoms with Crippen LogP contribution in [0, 0.1) is 0 Å². The van der Waals surface area contributed by atoms with E-state index in [9.17, 15) is 14.4 Å². The van der Waals surface area contributed by atoms with Gasteiger partial charge in [-0.05, 0) is 43.3 Å². The predicted molar refractivity (Wildman–Crippen MR) is 118 cm³/mol. The first-order valence-corrected chi connectivity index (χ1v) is 10.6. The van der Waals surface area contributed by atoms with Crippen LogP contribution in [0.15, 0.2) is 68.9 Å². The van der Waals surface area contributed by atoms with E-state index in [0.29, 0.717) is 21.7 Å². The largest absolute Gasteiger partial charge is 0.461 e. The van der Waals surface area contributed by atoms with E-state index in [1.54, 1.807) is 55.5 Å². The van der Waals surface area contributed by atoms with Gasteiger partial charge in [-0.15, -0.1) is 10.2 Å². The van der Waals surface area contributed by atoms with Crippen LogP contribution in [0.3, 0.4) is 0 Å². The number of hydrogen-bond acceptors (Lipinski definition) is 8. The third kappa shape index (κ3) is 4.46. The molecule has 0 spiro atoms. The lowest BCUT2D eigenvalue weighted by atomic mass is 10.2. The molecule has 162 valence electrons. The smallest absolute Gasteiger partial charge is 0.369 e. The summed E-state index contributed by atoms with van der Waals surface area (Å²) in [5.74, 6) is -1.39. The van der Waals surface area contributed by atoms with E-state index < -0.39 is 17.5 Å². The molecule has 11 heteroatoms. The van der Waals surface area contributed by atoms with Crippen molar-refractivity contribution >= 4 is 45.8 Å². The Morgan fingerprint density at radius 2 is 1.97 bits per heavy atom. The predicted octanol–water partition coefficient (Wildman–Crippen LogP) is 3.12. The number of para-hydroxylation sites is 1. The zero-order valence-corrected chi connectivity index (χ0v) is 18.1. The molecule has 9 nitrogen and oxygen atoms in total. The van der Waals surface area contributed by atoms with Gasteiger partial charge in [-0.2, -0.15) is 0 Å². The highest BCUT2D eigenvalue weighted by Crippen LogP contribution is 2.14. The molecule has 2 aromatic heterocycles. The van der Waals surface area contributed by atoms with E-state index in [-0.39, 0.29) is 22.0 Å². The zero-order chi connectivity index (χ0) is 22.7. The second kappa shape index (κ2) is 9.16. The van der Waals surface area contributed by atoms with Crippen LogP contribution in [-0.2, 0) is 4.74 Å². The van der Waals surface area contributed by atoms with Crippen molar-refractivity contribution in [1.82, 2.24) is 15.2 Å². The average molecular weight is 471 g/mol. The molecule has 2 heterocycles. The van der Waals surface area contributed by atoms with Gasteiger partial charge in [0.15, 0.2) is 0 Å². The molecule has 0 aliphatic rings. The van der Waals surface area contributed by atoms with Crippen molar-refractivity contribution in [2.45, 2.75) is 6.92 Å². The number of rotatable bonds is 5. The van der Waals surface area contributed by atoms with Crippen LogP contribution >= 0.6 is 22.9 Å². The molecule has 0 aliphatic heterocycles. The Balaban J connectivity index is 1.72. The van der Waals surface area contributed by atoms with E-state index in [2.05, 4.69) is 15.6 Å². The van der Waals surface area contributed by atoms with Gasteiger partial charge in [-0.1, -0.05) is 41.1 Å². The molecule has 0 radical (unpaired) electrons. The molecule has 2 aromatic carbocycles. The zero-order valence-electron chi connectivity index (χ0n) is 16.6. The summed E-state index contributed by atoms with van der Waals surface area (Å²) in [4.78, 5) is 37.1. The van der Waals surface area contributed by atoms with Crippen LogP contribution in [0.5, 0.6) is 0 Å². The first-order valence-electron chi connectivity index (χ1n) is 9.36. The van der Waals surface area contributed by atoms with Crippen molar-refractivity contribution in [3.05, 3.63) is 85.4 Å². The molecule has 0 saturated carbocycles. The molecule has 0 bridgehead atoms. The van der Waals surface area contributed by atoms with Crippen molar-refractivity contribution in [2.24, 2.45) is 5.10 Å². The summed E-state index contributed by atoms with van der Waals surface area (Å²) in [5, 5.41) is 9.45. The fourth-order valence-corrected chi connectivity index (χ4v) is 3.65. The van der Waals surface area contributed by atoms with Crippen LogP contribution in [-0.4, -0.2) is 28.3 Å². The number of nitrogens with one attached hydrogen (secondary N) is 1. The second-order valence-corrected chi connectivity index (χ2v) is 7.73. The number of benzene rings is 2. The third-order valence-corrected chi connectivity index (χ3v) is 5.36. The van der Waals surface area contributed by atoms with Gasteiger partial charge in [0.1, 0.15) is 11.1 Å². The van der Waals surface area contributed by atoms with Gasteiger partial charge in [0, 0.05) is 10.4 Å². The molecule has 1 N–H and O–H groups in total. The molecule has 0 aliphatic carbocycles. The topological polar surface area (TPSA) is 116 Å². The maximum Gasteiger partial charge on any atom is 0.369 e. The average Bonchev–Trinajstić information content (AvgIpc) is 3.22. The number of hydrogen-bond donors (Lipinski definition) is 1. The number of carbonyl (C=O) groups is 2. The summed E-state index contributed by atoms with van der Waals surface area (Å²) < 4.78 is 11.5. The number of amides is 1. The highest BCUT2D eigenvalue weighted by atomic mass is 35.5. The lowest BCUT2D eigenvalue weighted by Crippen LogP contribution is -2.27. The minimum Gasteiger partial charge on any atom is -0.461 e. The fraction of sp³-hybridized carbons (Fsp3) is 0.0952. The Morgan fingerprint density at radius 1 is 1.22 bits per heavy atom. The van der Waals surface area contributed by atoms with Gasteiger partial charge < -0.3 is 9.15 Å². The third-order valence-electron chi connectivity index (χ3n) is 4.22. The normalized spacial score (nSPS) is 11.5. The maximum absolute atomic E-state index is 12.6. The molecule has 0 saturated heterocycles. The van der Waals surface area contributed by atoms with Crippen LogP contribution < -0.4 is 15.9 Å². The number of aromatic nitrogens is 2. The summed E-state index contributed by atoms with van der Waals surface area (Å²) in [5.41, 5.74) is 2.25. The number of fused-ring (bicyclic) bond motifs is 1. The van der Waals surface area contributed by atoms with E-state index in [0.717, 1.165) is 11.3 Å². The number of halogens is 1. The molecule has 4 rings (SSSR count). The van der Waals surface area contributed by atoms with E-state index in [1.807, 2.05) is 0 Å². The molecule has 0 fully saturated rings. The Bertz CT molecular complexity index is 1440. The van der Waals surface area contributed by atoms with Crippen LogP contribution in [0.1, 0.15) is 27.1 Å². The van der Waals surface area contributed by atoms with Gasteiger partial charge in [0.25, 0.3) is 5.91 Å². The van der Waals surface area contributed by atoms with Crippen LogP contribution in [0.25, 0.3) is 16.7 Å². The highest BCUT2D eigenvalue weighted by Gasteiger charge is 2.17. The summed E-state index contributed by atoms with van der Waals surface area (Å²) in [7, 11) is 0. The van der Waals surface area contributed by atoms with Crippen molar-refractivity contribution in [1.29, 1.82) is 0 Å². The summed E-state index contributed by atoms with van der Waals surface area (Å²) >= 11 is 6.85. The van der Waals surface area contributed by atoms with Gasteiger partial charge in [0.05, 0.1) is 12.3 Å². The van der Waals surface area contributed by atoms with Gasteiger partial charge in [-0.3, -0.25) is 4.79 Å². The first-order chi connectivity index (χ1) is 15.5. The second-order valence-electron chi connectivity index (χ2n) is 6.34. The van der Waals surface area contributed by atoms with Crippen molar-refractivity contribution in [3.63, 3.8) is 0 Å². The minimum absolute atomic E-state index is 0.0417. The van der Waals surface area contributed by atoms with Gasteiger partial charge in [0.2, 0.25) is 9.81 Å². The summed E-state index contributed by atoms with van der Waals surface area (Å²) in [6, 6.07) is 14.9. The van der Waals surface area contributed by atoms with Crippen LogP contribution in [0.2, 0.25) is 5.02 Å². The van der Waals surface area contributed by atoms with Crippen molar-refractivity contribution in [3.8, 4) is 5.69 Å². The van der Waals surface area contributed by atoms with E-state index in [4.69, 9.17) is 20.8 Å². The Hall–Kier alpha value is -3.76. The Labute approximate surface area is 189 Å². The molecular weight excluding hydrogens is 456 g/mol. The summed E-state index contributed by atoms with van der Waals surface area (Å²) in [6.45, 7) is 1.86. The SMILES string of the molecule is CCOC(=O)c1nn(-c2ccc(Cl)cc2)/c(=N/NC(=O)c2cc3ccccc3oc2=O)s1. The van der Waals surface area contributed by atoms with E-state index in [1.165, 1.54) is 10.7 Å². The number of carbonyl (C=O) groups excluding carboxylic acids is 2. The fourth-order valence-electron chi connectivity index (χ4n) is 2.76. The van der Waals surface area contributed by atoms with Crippen molar-refractivity contribution < 1.29 is 18.7 Å². The summed E-state index contributed by atoms with van der Waals surface area (Å²) in [6.07, 6.45) is 0. The minimum atomic E-state index is -0.793. The highest BCUT2D eigenvalue weighted by molar-refractivity contribution is 7.10. The first kappa shape index (κ1) is 21.5. The molecule has 0 unspecified atom stereocenters. The van der Waals surface area contributed by atoms with E-state index >= 15 is 0 Å². The van der Waals surface area contributed by atoms with Gasteiger partial charge >= 0.3 is 11.6 Å². The van der Waals surface area contributed by atoms with Gasteiger partial charge in [-0.25, -0.2) is 19.7 Å². The van der Waals surface area contributed by atoms with Crippen LogP contribution in [0.4, 0.5) is 0 Å².